The topological polar surface area (TPSA) is 26.3 Å². The van der Waals surface area contributed by atoms with Crippen LogP contribution < -0.4 is 0 Å². The maximum atomic E-state index is 11.3. The Bertz CT molecular complexity index is 276. The van der Waals surface area contributed by atoms with Crippen LogP contribution in [0, 0.1) is 0 Å². The van der Waals surface area contributed by atoms with Gasteiger partial charge in [-0.15, -0.1) is 0 Å². The molecule has 1 aliphatic rings. The third-order valence-corrected chi connectivity index (χ3v) is 1.93. The van der Waals surface area contributed by atoms with Gasteiger partial charge in [-0.25, -0.2) is 0 Å². The van der Waals surface area contributed by atoms with Gasteiger partial charge in [-0.3, -0.25) is 4.79 Å². The van der Waals surface area contributed by atoms with Gasteiger partial charge in [0.15, 0.2) is 5.78 Å². The van der Waals surface area contributed by atoms with Crippen LogP contribution in [0.3, 0.4) is 0 Å². The molecule has 64 valence electrons. The van der Waals surface area contributed by atoms with Gasteiger partial charge >= 0.3 is 0 Å². The first-order chi connectivity index (χ1) is 5.66. The summed E-state index contributed by atoms with van der Waals surface area (Å²) in [6, 6.07) is 0. The molecule has 0 fully saturated rings. The zero-order valence-electron chi connectivity index (χ0n) is 6.60. The molecule has 0 bridgehead atoms. The molecule has 0 amide bonds. The molecule has 0 aromatic carbocycles. The summed E-state index contributed by atoms with van der Waals surface area (Å²) in [7, 11) is 0. The van der Waals surface area contributed by atoms with E-state index in [9.17, 15) is 4.79 Å². The highest BCUT2D eigenvalue weighted by atomic mass is 79.9. The quantitative estimate of drug-likeness (QED) is 0.726. The van der Waals surface area contributed by atoms with Crippen molar-refractivity contribution in [3.05, 3.63) is 35.0 Å². The van der Waals surface area contributed by atoms with Crippen molar-refractivity contribution < 1.29 is 9.53 Å². The fourth-order valence-electron chi connectivity index (χ4n) is 1.02. The molecule has 0 aromatic rings. The summed E-state index contributed by atoms with van der Waals surface area (Å²) in [6.45, 7) is 7.62. The van der Waals surface area contributed by atoms with Crippen molar-refractivity contribution >= 4 is 21.7 Å². The van der Waals surface area contributed by atoms with E-state index in [0.717, 1.165) is 0 Å². The second-order valence-electron chi connectivity index (χ2n) is 2.37. The van der Waals surface area contributed by atoms with Crippen molar-refractivity contribution in [3.8, 4) is 0 Å². The molecule has 0 unspecified atom stereocenters. The highest BCUT2D eigenvalue weighted by Crippen LogP contribution is 2.25. The number of rotatable bonds is 2. The van der Waals surface area contributed by atoms with Gasteiger partial charge in [-0.2, -0.15) is 0 Å². The van der Waals surface area contributed by atoms with E-state index in [1.807, 2.05) is 0 Å². The lowest BCUT2D eigenvalue weighted by Crippen LogP contribution is -2.15. The van der Waals surface area contributed by atoms with Crippen molar-refractivity contribution in [2.45, 2.75) is 6.42 Å². The molecule has 12 heavy (non-hydrogen) atoms. The first-order valence-corrected chi connectivity index (χ1v) is 4.33. The Hall–Kier alpha value is -0.830. The van der Waals surface area contributed by atoms with Crippen molar-refractivity contribution in [1.82, 2.24) is 0 Å². The van der Waals surface area contributed by atoms with Crippen LogP contribution in [0.2, 0.25) is 0 Å². The minimum atomic E-state index is 0.0619. The van der Waals surface area contributed by atoms with Crippen LogP contribution in [0.4, 0.5) is 0 Å². The lowest BCUT2D eigenvalue weighted by molar-refractivity contribution is -0.117. The lowest BCUT2D eigenvalue weighted by Gasteiger charge is -2.17. The normalized spacial score (nSPS) is 17.2. The average molecular weight is 229 g/mol. The summed E-state index contributed by atoms with van der Waals surface area (Å²) in [5.41, 5.74) is 0.517. The maximum Gasteiger partial charge on any atom is 0.170 e. The van der Waals surface area contributed by atoms with Crippen LogP contribution in [-0.2, 0) is 9.53 Å². The van der Waals surface area contributed by atoms with E-state index in [1.54, 1.807) is 0 Å². The second-order valence-corrected chi connectivity index (χ2v) is 3.33. The summed E-state index contributed by atoms with van der Waals surface area (Å²) in [4.78, 5) is 11.3. The molecular formula is C9H9BrO2. The summed E-state index contributed by atoms with van der Waals surface area (Å²) in [5.74, 6) is 0.577. The predicted molar refractivity (Wildman–Crippen MR) is 50.9 cm³/mol. The van der Waals surface area contributed by atoms with Gasteiger partial charge in [0, 0.05) is 6.42 Å². The van der Waals surface area contributed by atoms with Crippen molar-refractivity contribution in [3.63, 3.8) is 0 Å². The molecule has 2 nitrogen and oxygen atoms in total. The van der Waals surface area contributed by atoms with E-state index in [-0.39, 0.29) is 5.78 Å². The number of ether oxygens (including phenoxy) is 1. The Balaban J connectivity index is 3.10. The first kappa shape index (κ1) is 9.26. The van der Waals surface area contributed by atoms with Crippen LogP contribution in [-0.4, -0.2) is 12.4 Å². The van der Waals surface area contributed by atoms with Gasteiger partial charge in [0.25, 0.3) is 0 Å². The number of Topliss-reactive ketones (excluding diaryl/α,β-unsaturated/α-hetero) is 1. The highest BCUT2D eigenvalue weighted by Gasteiger charge is 2.20. The number of hydrogen-bond acceptors (Lipinski definition) is 2. The van der Waals surface area contributed by atoms with Crippen LogP contribution >= 0.6 is 15.9 Å². The van der Waals surface area contributed by atoms with Crippen molar-refractivity contribution in [1.29, 1.82) is 0 Å². The molecular weight excluding hydrogens is 220 g/mol. The molecule has 0 atom stereocenters. The molecule has 0 radical (unpaired) electrons. The highest BCUT2D eigenvalue weighted by molar-refractivity contribution is 9.11. The number of allylic oxidation sites excluding steroid dienone is 3. The summed E-state index contributed by atoms with van der Waals surface area (Å²) < 4.78 is 5.84. The summed E-state index contributed by atoms with van der Waals surface area (Å²) >= 11 is 3.17. The van der Waals surface area contributed by atoms with E-state index in [0.29, 0.717) is 28.8 Å². The molecule has 1 rings (SSSR count). The van der Waals surface area contributed by atoms with Crippen LogP contribution in [0.1, 0.15) is 6.42 Å². The lowest BCUT2D eigenvalue weighted by atomic mass is 10.1. The fourth-order valence-corrected chi connectivity index (χ4v) is 1.34. The Morgan fingerprint density at radius 3 is 2.75 bits per heavy atom. The fraction of sp³-hybridized carbons (Fsp3) is 0.222. The van der Waals surface area contributed by atoms with E-state index >= 15 is 0 Å². The second kappa shape index (κ2) is 3.72. The van der Waals surface area contributed by atoms with Crippen molar-refractivity contribution in [2.24, 2.45) is 0 Å². The van der Waals surface area contributed by atoms with Crippen molar-refractivity contribution in [2.75, 3.05) is 6.61 Å². The van der Waals surface area contributed by atoms with E-state index in [1.165, 1.54) is 6.08 Å². The number of carbonyl (C=O) groups is 1. The Morgan fingerprint density at radius 2 is 2.33 bits per heavy atom. The number of halogens is 1. The Kier molecular flexibility index (Phi) is 2.87. The molecule has 1 aliphatic heterocycles. The van der Waals surface area contributed by atoms with E-state index < -0.39 is 0 Å². The zero-order valence-corrected chi connectivity index (χ0v) is 8.19. The monoisotopic (exact) mass is 228 g/mol. The molecule has 0 aromatic heterocycles. The number of ketones is 1. The van der Waals surface area contributed by atoms with Gasteiger partial charge in [0.2, 0.25) is 0 Å². The molecule has 0 saturated heterocycles. The third kappa shape index (κ3) is 1.67. The van der Waals surface area contributed by atoms with Gasteiger partial charge in [0.05, 0.1) is 16.7 Å². The molecule has 0 N–H and O–H groups in total. The summed E-state index contributed by atoms with van der Waals surface area (Å²) in [5, 5.41) is 0. The van der Waals surface area contributed by atoms with E-state index in [4.69, 9.17) is 4.74 Å². The number of hydrogen-bond donors (Lipinski definition) is 0. The molecule has 1 heterocycles. The Labute approximate surface area is 79.7 Å². The zero-order chi connectivity index (χ0) is 9.14. The Morgan fingerprint density at radius 1 is 1.67 bits per heavy atom. The molecule has 3 heteroatoms. The molecule has 0 aliphatic carbocycles. The van der Waals surface area contributed by atoms with E-state index in [2.05, 4.69) is 29.1 Å². The molecule has 0 saturated carbocycles. The van der Waals surface area contributed by atoms with Crippen LogP contribution in [0.5, 0.6) is 0 Å². The SMILES string of the molecule is C=CC1=C(C(=C)Br)OCCC1=O. The predicted octanol–water partition coefficient (Wildman–Crippen LogP) is 2.32. The van der Waals surface area contributed by atoms with Gasteiger partial charge in [-0.1, -0.05) is 19.2 Å². The smallest absolute Gasteiger partial charge is 0.170 e. The third-order valence-electron chi connectivity index (χ3n) is 1.57. The average Bonchev–Trinajstić information content (AvgIpc) is 2.03. The van der Waals surface area contributed by atoms with Crippen LogP contribution in [0.15, 0.2) is 35.0 Å². The van der Waals surface area contributed by atoms with Gasteiger partial charge < -0.3 is 4.74 Å². The first-order valence-electron chi connectivity index (χ1n) is 3.54. The largest absolute Gasteiger partial charge is 0.491 e. The number of carbonyl (C=O) groups excluding carboxylic acids is 1. The van der Waals surface area contributed by atoms with Gasteiger partial charge in [0.1, 0.15) is 5.76 Å². The van der Waals surface area contributed by atoms with Crippen LogP contribution in [0.25, 0.3) is 0 Å². The summed E-state index contributed by atoms with van der Waals surface area (Å²) in [6.07, 6.45) is 1.92. The minimum absolute atomic E-state index is 0.0619. The standard InChI is InChI=1S/C9H9BrO2/c1-3-7-8(11)4-5-12-9(7)6(2)10/h3H,1-2,4-5H2. The molecule has 0 spiro atoms. The maximum absolute atomic E-state index is 11.3. The van der Waals surface area contributed by atoms with Gasteiger partial charge in [-0.05, 0) is 15.9 Å². The minimum Gasteiger partial charge on any atom is -0.491 e.